The normalized spacial score (nSPS) is 22.8. The molecule has 1 aliphatic rings. The number of likely N-dealkylation sites (tertiary alicyclic amines) is 1. The fourth-order valence-electron chi connectivity index (χ4n) is 3.40. The summed E-state index contributed by atoms with van der Waals surface area (Å²) in [7, 11) is 0. The molecular weight excluding hydrogens is 274 g/mol. The first-order valence-electron chi connectivity index (χ1n) is 8.83. The Bertz CT molecular complexity index is 461. The van der Waals surface area contributed by atoms with Crippen molar-refractivity contribution in [1.82, 2.24) is 15.1 Å². The standard InChI is InChI=1S/C18H33N3O/c1-13(2)12-16-19-20-17(22-16)14(3)21-10-7-8-15(9-11-21)18(4,5)6/h13-15H,7-12H2,1-6H3. The summed E-state index contributed by atoms with van der Waals surface area (Å²) in [4.78, 5) is 2.51. The van der Waals surface area contributed by atoms with E-state index in [4.69, 9.17) is 4.42 Å². The van der Waals surface area contributed by atoms with E-state index in [1.54, 1.807) is 0 Å². The van der Waals surface area contributed by atoms with Gasteiger partial charge in [0.2, 0.25) is 11.8 Å². The molecule has 0 bridgehead atoms. The summed E-state index contributed by atoms with van der Waals surface area (Å²) in [6.45, 7) is 15.9. The van der Waals surface area contributed by atoms with Crippen LogP contribution in [0.3, 0.4) is 0 Å². The van der Waals surface area contributed by atoms with E-state index in [-0.39, 0.29) is 6.04 Å². The zero-order valence-corrected chi connectivity index (χ0v) is 15.2. The first-order chi connectivity index (χ1) is 10.3. The van der Waals surface area contributed by atoms with Gasteiger partial charge in [-0.1, -0.05) is 34.6 Å². The zero-order valence-electron chi connectivity index (χ0n) is 15.2. The van der Waals surface area contributed by atoms with Gasteiger partial charge in [0.15, 0.2) is 0 Å². The monoisotopic (exact) mass is 307 g/mol. The summed E-state index contributed by atoms with van der Waals surface area (Å²) in [5.74, 6) is 2.92. The van der Waals surface area contributed by atoms with Crippen molar-refractivity contribution in [1.29, 1.82) is 0 Å². The van der Waals surface area contributed by atoms with E-state index in [2.05, 4.69) is 56.6 Å². The lowest BCUT2D eigenvalue weighted by Gasteiger charge is -2.30. The van der Waals surface area contributed by atoms with Crippen LogP contribution in [0.15, 0.2) is 4.42 Å². The van der Waals surface area contributed by atoms with Crippen molar-refractivity contribution in [3.63, 3.8) is 0 Å². The highest BCUT2D eigenvalue weighted by molar-refractivity contribution is 4.91. The summed E-state index contributed by atoms with van der Waals surface area (Å²) in [6, 6.07) is 0.229. The molecule has 2 unspecified atom stereocenters. The molecule has 1 aromatic rings. The minimum Gasteiger partial charge on any atom is -0.424 e. The van der Waals surface area contributed by atoms with Gasteiger partial charge in [-0.3, -0.25) is 4.90 Å². The Kier molecular flexibility index (Phi) is 5.65. The molecule has 1 aliphatic heterocycles. The molecule has 0 aliphatic carbocycles. The molecule has 0 radical (unpaired) electrons. The van der Waals surface area contributed by atoms with Gasteiger partial charge in [0.05, 0.1) is 6.04 Å². The van der Waals surface area contributed by atoms with Gasteiger partial charge >= 0.3 is 0 Å². The van der Waals surface area contributed by atoms with Crippen LogP contribution in [-0.4, -0.2) is 28.2 Å². The zero-order chi connectivity index (χ0) is 16.3. The molecule has 4 nitrogen and oxygen atoms in total. The van der Waals surface area contributed by atoms with Gasteiger partial charge in [-0.2, -0.15) is 0 Å². The Morgan fingerprint density at radius 3 is 2.50 bits per heavy atom. The van der Waals surface area contributed by atoms with Gasteiger partial charge in [-0.15, -0.1) is 10.2 Å². The van der Waals surface area contributed by atoms with Crippen LogP contribution in [0.4, 0.5) is 0 Å². The summed E-state index contributed by atoms with van der Waals surface area (Å²) < 4.78 is 5.88. The first-order valence-corrected chi connectivity index (χ1v) is 8.83. The van der Waals surface area contributed by atoms with Crippen LogP contribution in [0.25, 0.3) is 0 Å². The van der Waals surface area contributed by atoms with Crippen molar-refractivity contribution in [3.8, 4) is 0 Å². The lowest BCUT2D eigenvalue weighted by atomic mass is 9.77. The van der Waals surface area contributed by atoms with Crippen LogP contribution in [0, 0.1) is 17.3 Å². The van der Waals surface area contributed by atoms with Gasteiger partial charge in [-0.25, -0.2) is 0 Å². The Morgan fingerprint density at radius 1 is 1.14 bits per heavy atom. The molecule has 0 saturated carbocycles. The molecule has 0 amide bonds. The maximum Gasteiger partial charge on any atom is 0.233 e. The van der Waals surface area contributed by atoms with Crippen LogP contribution in [0.2, 0.25) is 0 Å². The number of hydrogen-bond donors (Lipinski definition) is 0. The van der Waals surface area contributed by atoms with Crippen molar-refractivity contribution < 1.29 is 4.42 Å². The molecule has 1 aromatic heterocycles. The maximum absolute atomic E-state index is 5.88. The third-order valence-electron chi connectivity index (χ3n) is 4.96. The average molecular weight is 307 g/mol. The summed E-state index contributed by atoms with van der Waals surface area (Å²) >= 11 is 0. The minimum absolute atomic E-state index is 0.229. The molecule has 0 spiro atoms. The Morgan fingerprint density at radius 2 is 1.86 bits per heavy atom. The molecule has 1 saturated heterocycles. The largest absolute Gasteiger partial charge is 0.424 e. The Labute approximate surface area is 135 Å². The Hall–Kier alpha value is -0.900. The second-order valence-electron chi connectivity index (χ2n) is 8.34. The highest BCUT2D eigenvalue weighted by Gasteiger charge is 2.30. The van der Waals surface area contributed by atoms with E-state index in [9.17, 15) is 0 Å². The molecule has 2 atom stereocenters. The van der Waals surface area contributed by atoms with E-state index in [0.717, 1.165) is 37.2 Å². The lowest BCUT2D eigenvalue weighted by molar-refractivity contribution is 0.171. The second-order valence-corrected chi connectivity index (χ2v) is 8.34. The van der Waals surface area contributed by atoms with Gasteiger partial charge in [0.25, 0.3) is 0 Å². The highest BCUT2D eigenvalue weighted by Crippen LogP contribution is 2.35. The molecular formula is C18H33N3O. The number of aromatic nitrogens is 2. The average Bonchev–Trinajstić information content (AvgIpc) is 2.71. The number of hydrogen-bond acceptors (Lipinski definition) is 4. The van der Waals surface area contributed by atoms with Crippen molar-refractivity contribution in [2.75, 3.05) is 13.1 Å². The maximum atomic E-state index is 5.88. The van der Waals surface area contributed by atoms with Crippen LogP contribution in [-0.2, 0) is 6.42 Å². The summed E-state index contributed by atoms with van der Waals surface area (Å²) in [6.07, 6.45) is 4.72. The fourth-order valence-corrected chi connectivity index (χ4v) is 3.40. The predicted molar refractivity (Wildman–Crippen MR) is 89.6 cm³/mol. The molecule has 126 valence electrons. The number of nitrogens with zero attached hydrogens (tertiary/aromatic N) is 3. The van der Waals surface area contributed by atoms with Crippen LogP contribution in [0.5, 0.6) is 0 Å². The van der Waals surface area contributed by atoms with E-state index in [0.29, 0.717) is 11.3 Å². The third-order valence-corrected chi connectivity index (χ3v) is 4.96. The predicted octanol–water partition coefficient (Wildman–Crippen LogP) is 4.48. The molecule has 2 heterocycles. The smallest absolute Gasteiger partial charge is 0.233 e. The van der Waals surface area contributed by atoms with Crippen LogP contribution >= 0.6 is 0 Å². The fraction of sp³-hybridized carbons (Fsp3) is 0.889. The molecule has 0 aromatic carbocycles. The molecule has 22 heavy (non-hydrogen) atoms. The van der Waals surface area contributed by atoms with Gasteiger partial charge in [0, 0.05) is 6.42 Å². The SMILES string of the molecule is CC(C)Cc1nnc(C(C)N2CCCC(C(C)(C)C)CC2)o1. The van der Waals surface area contributed by atoms with Crippen molar-refractivity contribution in [2.45, 2.75) is 73.3 Å². The molecule has 4 heteroatoms. The molecule has 2 rings (SSSR count). The molecule has 0 N–H and O–H groups in total. The topological polar surface area (TPSA) is 42.2 Å². The van der Waals surface area contributed by atoms with Crippen molar-refractivity contribution >= 4 is 0 Å². The van der Waals surface area contributed by atoms with E-state index >= 15 is 0 Å². The highest BCUT2D eigenvalue weighted by atomic mass is 16.4. The third kappa shape index (κ3) is 4.55. The summed E-state index contributed by atoms with van der Waals surface area (Å²) in [5, 5.41) is 8.49. The second kappa shape index (κ2) is 7.12. The first kappa shape index (κ1) is 17.5. The van der Waals surface area contributed by atoms with Gasteiger partial charge < -0.3 is 4.42 Å². The van der Waals surface area contributed by atoms with Gasteiger partial charge in [0.1, 0.15) is 0 Å². The van der Waals surface area contributed by atoms with Crippen LogP contribution < -0.4 is 0 Å². The lowest BCUT2D eigenvalue weighted by Crippen LogP contribution is -2.29. The Balaban J connectivity index is 1.97. The number of rotatable bonds is 4. The van der Waals surface area contributed by atoms with Gasteiger partial charge in [-0.05, 0) is 56.5 Å². The van der Waals surface area contributed by atoms with E-state index < -0.39 is 0 Å². The quantitative estimate of drug-likeness (QED) is 0.822. The molecule has 1 fully saturated rings. The van der Waals surface area contributed by atoms with E-state index in [1.807, 2.05) is 0 Å². The minimum atomic E-state index is 0.229. The van der Waals surface area contributed by atoms with Crippen molar-refractivity contribution in [3.05, 3.63) is 11.8 Å². The van der Waals surface area contributed by atoms with Crippen LogP contribution in [0.1, 0.15) is 78.6 Å². The summed E-state index contributed by atoms with van der Waals surface area (Å²) in [5.41, 5.74) is 0.411. The van der Waals surface area contributed by atoms with E-state index in [1.165, 1.54) is 19.3 Å². The van der Waals surface area contributed by atoms with Crippen molar-refractivity contribution in [2.24, 2.45) is 17.3 Å².